The van der Waals surface area contributed by atoms with Crippen molar-refractivity contribution in [2.45, 2.75) is 0 Å². The number of rotatable bonds is 1. The Hall–Kier alpha value is -0.650. The van der Waals surface area contributed by atoms with E-state index < -0.39 is 0 Å². The van der Waals surface area contributed by atoms with Crippen molar-refractivity contribution in [1.82, 2.24) is 4.98 Å². The van der Waals surface area contributed by atoms with Crippen LogP contribution < -0.4 is 4.90 Å². The van der Waals surface area contributed by atoms with Gasteiger partial charge in [-0.15, -0.1) is 12.6 Å². The molecule has 0 radical (unpaired) electrons. The molecule has 0 atom stereocenters. The monoisotopic (exact) mass is 216 g/mol. The van der Waals surface area contributed by atoms with Crippen LogP contribution in [-0.2, 0) is 0 Å². The molecule has 0 aliphatic heterocycles. The maximum Gasteiger partial charge on any atom is 0.137 e. The number of thiocarbonyl (C=S) groups is 1. The van der Waals surface area contributed by atoms with Gasteiger partial charge in [0.25, 0.3) is 0 Å². The van der Waals surface area contributed by atoms with Crippen LogP contribution in [0.15, 0.2) is 24.5 Å². The van der Waals surface area contributed by atoms with Gasteiger partial charge in [0, 0.05) is 32.2 Å². The molecule has 1 N–H and O–H groups in total. The smallest absolute Gasteiger partial charge is 0.137 e. The van der Waals surface area contributed by atoms with Gasteiger partial charge in [0.15, 0.2) is 0 Å². The summed E-state index contributed by atoms with van der Waals surface area (Å²) in [5.74, 6) is 0. The zero-order valence-electron chi connectivity index (χ0n) is 7.51. The topological polar surface area (TPSA) is 36.4 Å². The number of anilines is 1. The van der Waals surface area contributed by atoms with Gasteiger partial charge in [-0.1, -0.05) is 12.2 Å². The SMILES string of the molecule is CN(C(=S)S)c1ccncc1.CO. The van der Waals surface area contributed by atoms with Gasteiger partial charge in [0.05, 0.1) is 0 Å². The fourth-order valence-electron chi connectivity index (χ4n) is 0.678. The lowest BCUT2D eigenvalue weighted by atomic mass is 10.4. The lowest BCUT2D eigenvalue weighted by molar-refractivity contribution is 0.399. The van der Waals surface area contributed by atoms with Crippen molar-refractivity contribution < 1.29 is 5.11 Å². The van der Waals surface area contributed by atoms with E-state index in [0.717, 1.165) is 12.8 Å². The van der Waals surface area contributed by atoms with E-state index in [1.54, 1.807) is 17.3 Å². The summed E-state index contributed by atoms with van der Waals surface area (Å²) >= 11 is 8.91. The quantitative estimate of drug-likeness (QED) is 0.549. The molecule has 0 saturated carbocycles. The van der Waals surface area contributed by atoms with Crippen molar-refractivity contribution in [3.8, 4) is 0 Å². The van der Waals surface area contributed by atoms with Gasteiger partial charge in [-0.2, -0.15) is 0 Å². The second-order valence-corrected chi connectivity index (χ2v) is 3.16. The standard InChI is InChI=1S/C7H8N2S2.CH4O/c1-9(7(10)11)6-2-4-8-5-3-6;1-2/h2-5H,1H3,(H,10,11);2H,1H3. The van der Waals surface area contributed by atoms with Crippen LogP contribution in [0.5, 0.6) is 0 Å². The Kier molecular flexibility index (Phi) is 6.48. The van der Waals surface area contributed by atoms with Crippen molar-refractivity contribution in [2.75, 3.05) is 19.1 Å². The van der Waals surface area contributed by atoms with Crippen LogP contribution in [0.1, 0.15) is 0 Å². The average Bonchev–Trinajstić information content (AvgIpc) is 2.21. The third kappa shape index (κ3) is 4.21. The molecule has 1 rings (SSSR count). The Morgan fingerprint density at radius 2 is 1.92 bits per heavy atom. The minimum absolute atomic E-state index is 0.552. The van der Waals surface area contributed by atoms with Crippen LogP contribution in [0.4, 0.5) is 5.69 Å². The first kappa shape index (κ1) is 12.3. The lowest BCUT2D eigenvalue weighted by Crippen LogP contribution is -2.19. The number of aliphatic hydroxyl groups excluding tert-OH is 1. The number of thiol groups is 1. The molecular formula is C8H12N2OS2. The van der Waals surface area contributed by atoms with Crippen molar-refractivity contribution in [1.29, 1.82) is 0 Å². The molecule has 0 aromatic carbocycles. The molecule has 0 aliphatic rings. The molecule has 5 heteroatoms. The molecule has 0 unspecified atom stereocenters. The Morgan fingerprint density at radius 3 is 2.31 bits per heavy atom. The van der Waals surface area contributed by atoms with Gasteiger partial charge in [-0.05, 0) is 12.1 Å². The Balaban J connectivity index is 0.000000671. The molecule has 1 heterocycles. The number of aliphatic hydroxyl groups is 1. The largest absolute Gasteiger partial charge is 0.400 e. The summed E-state index contributed by atoms with van der Waals surface area (Å²) in [6.45, 7) is 0. The first-order valence-corrected chi connectivity index (χ1v) is 4.39. The lowest BCUT2D eigenvalue weighted by Gasteiger charge is -2.15. The number of aromatic nitrogens is 1. The molecule has 1 aromatic heterocycles. The van der Waals surface area contributed by atoms with Crippen molar-refractivity contribution in [3.05, 3.63) is 24.5 Å². The van der Waals surface area contributed by atoms with E-state index in [0.29, 0.717) is 4.32 Å². The van der Waals surface area contributed by atoms with Crippen molar-refractivity contribution >= 4 is 34.9 Å². The number of hydrogen-bond donors (Lipinski definition) is 2. The molecule has 0 spiro atoms. The Bertz CT molecular complexity index is 254. The highest BCUT2D eigenvalue weighted by atomic mass is 32.1. The van der Waals surface area contributed by atoms with E-state index in [1.807, 2.05) is 19.2 Å². The second kappa shape index (κ2) is 6.82. The summed E-state index contributed by atoms with van der Waals surface area (Å²) in [5.41, 5.74) is 1.00. The van der Waals surface area contributed by atoms with Gasteiger partial charge in [0.1, 0.15) is 4.32 Å². The average molecular weight is 216 g/mol. The number of pyridine rings is 1. The fraction of sp³-hybridized carbons (Fsp3) is 0.250. The minimum Gasteiger partial charge on any atom is -0.400 e. The van der Waals surface area contributed by atoms with Crippen LogP contribution in [0.2, 0.25) is 0 Å². The van der Waals surface area contributed by atoms with Gasteiger partial charge < -0.3 is 10.0 Å². The molecule has 0 fully saturated rings. The van der Waals surface area contributed by atoms with E-state index >= 15 is 0 Å². The van der Waals surface area contributed by atoms with Crippen molar-refractivity contribution in [2.24, 2.45) is 0 Å². The molecule has 0 bridgehead atoms. The third-order valence-electron chi connectivity index (χ3n) is 1.34. The highest BCUT2D eigenvalue weighted by molar-refractivity contribution is 8.11. The van der Waals surface area contributed by atoms with Crippen molar-refractivity contribution in [3.63, 3.8) is 0 Å². The van der Waals surface area contributed by atoms with Crippen LogP contribution in [0.25, 0.3) is 0 Å². The van der Waals surface area contributed by atoms with Crippen LogP contribution in [0, 0.1) is 0 Å². The second-order valence-electron chi connectivity index (χ2n) is 2.05. The Labute approximate surface area is 88.8 Å². The van der Waals surface area contributed by atoms with Gasteiger partial charge in [-0.25, -0.2) is 0 Å². The molecule has 0 saturated heterocycles. The zero-order valence-corrected chi connectivity index (χ0v) is 9.22. The predicted octanol–water partition coefficient (Wildman–Crippen LogP) is 1.34. The minimum atomic E-state index is 0.552. The molecule has 13 heavy (non-hydrogen) atoms. The first-order chi connectivity index (χ1) is 6.22. The normalized spacial score (nSPS) is 8.31. The maximum absolute atomic E-state index is 7.00. The van der Waals surface area contributed by atoms with E-state index in [2.05, 4.69) is 17.6 Å². The first-order valence-electron chi connectivity index (χ1n) is 3.53. The predicted molar refractivity (Wildman–Crippen MR) is 62.4 cm³/mol. The fourth-order valence-corrected chi connectivity index (χ4v) is 0.899. The summed E-state index contributed by atoms with van der Waals surface area (Å²) in [6, 6.07) is 3.76. The van der Waals surface area contributed by atoms with E-state index in [9.17, 15) is 0 Å². The summed E-state index contributed by atoms with van der Waals surface area (Å²) in [6.07, 6.45) is 3.44. The summed E-state index contributed by atoms with van der Waals surface area (Å²) < 4.78 is 0.552. The van der Waals surface area contributed by atoms with Gasteiger partial charge >= 0.3 is 0 Å². The highest BCUT2D eigenvalue weighted by Crippen LogP contribution is 2.11. The number of nitrogens with zero attached hydrogens (tertiary/aromatic N) is 2. The molecule has 72 valence electrons. The highest BCUT2D eigenvalue weighted by Gasteiger charge is 2.00. The summed E-state index contributed by atoms with van der Waals surface area (Å²) in [4.78, 5) is 5.70. The summed E-state index contributed by atoms with van der Waals surface area (Å²) in [7, 11) is 2.87. The van der Waals surface area contributed by atoms with Crippen LogP contribution in [-0.4, -0.2) is 28.6 Å². The Morgan fingerprint density at radius 1 is 1.46 bits per heavy atom. The molecule has 0 aliphatic carbocycles. The zero-order chi connectivity index (χ0) is 10.3. The van der Waals surface area contributed by atoms with Crippen LogP contribution in [0.3, 0.4) is 0 Å². The molecule has 1 aromatic rings. The van der Waals surface area contributed by atoms with E-state index in [4.69, 9.17) is 17.3 Å². The van der Waals surface area contributed by atoms with E-state index in [-0.39, 0.29) is 0 Å². The summed E-state index contributed by atoms with van der Waals surface area (Å²) in [5, 5.41) is 7.00. The van der Waals surface area contributed by atoms with Gasteiger partial charge in [-0.3, -0.25) is 4.98 Å². The molecule has 3 nitrogen and oxygen atoms in total. The van der Waals surface area contributed by atoms with E-state index in [1.165, 1.54) is 0 Å². The number of hydrogen-bond acceptors (Lipinski definition) is 3. The maximum atomic E-state index is 7.00. The molecular weight excluding hydrogens is 204 g/mol. The van der Waals surface area contributed by atoms with Gasteiger partial charge in [0.2, 0.25) is 0 Å². The van der Waals surface area contributed by atoms with Crippen LogP contribution >= 0.6 is 24.8 Å². The molecule has 0 amide bonds. The third-order valence-corrected chi connectivity index (χ3v) is 1.91.